The molecule has 0 saturated carbocycles. The lowest BCUT2D eigenvalue weighted by molar-refractivity contribution is -0.115. The lowest BCUT2D eigenvalue weighted by Crippen LogP contribution is -2.27. The molecular weight excluding hydrogens is 430 g/mol. The van der Waals surface area contributed by atoms with Gasteiger partial charge in [0.25, 0.3) is 10.0 Å². The minimum atomic E-state index is -3.44. The first kappa shape index (κ1) is 20.7. The minimum Gasteiger partial charge on any atom is -0.370 e. The third-order valence-corrected chi connectivity index (χ3v) is 9.00. The molecule has 0 unspecified atom stereocenters. The monoisotopic (exact) mass is 453 g/mol. The molecule has 156 valence electrons. The first-order valence-electron chi connectivity index (χ1n) is 9.87. The summed E-state index contributed by atoms with van der Waals surface area (Å²) in [4.78, 5) is 15.6. The van der Waals surface area contributed by atoms with Crippen molar-refractivity contribution in [2.75, 3.05) is 36.4 Å². The number of nitrogens with zero attached hydrogens (tertiary/aromatic N) is 2. The third kappa shape index (κ3) is 4.60. The summed E-state index contributed by atoms with van der Waals surface area (Å²) in [5, 5.41) is 3.53. The Kier molecular flexibility index (Phi) is 6.15. The van der Waals surface area contributed by atoms with Gasteiger partial charge in [0, 0.05) is 36.1 Å². The zero-order valence-corrected chi connectivity index (χ0v) is 18.5. The molecule has 1 aromatic heterocycles. The second kappa shape index (κ2) is 8.63. The number of thiophene rings is 1. The Balaban J connectivity index is 1.46. The van der Waals surface area contributed by atoms with Gasteiger partial charge in [-0.05, 0) is 56.0 Å². The number of carbonyl (C=O) groups excluding carboxylic acids is 1. The van der Waals surface area contributed by atoms with Crippen molar-refractivity contribution in [1.29, 1.82) is 0 Å². The van der Waals surface area contributed by atoms with E-state index in [-0.39, 0.29) is 12.3 Å². The van der Waals surface area contributed by atoms with Crippen molar-refractivity contribution in [3.63, 3.8) is 0 Å². The van der Waals surface area contributed by atoms with Gasteiger partial charge in [0.05, 0.1) is 17.8 Å². The minimum absolute atomic E-state index is 0.131. The maximum Gasteiger partial charge on any atom is 0.252 e. The largest absolute Gasteiger partial charge is 0.370 e. The number of amides is 1. The van der Waals surface area contributed by atoms with Crippen LogP contribution in [0.25, 0.3) is 0 Å². The Morgan fingerprint density at radius 2 is 1.72 bits per heavy atom. The van der Waals surface area contributed by atoms with Crippen LogP contribution >= 0.6 is 22.9 Å². The molecule has 0 aliphatic carbocycles. The molecule has 2 aliphatic heterocycles. The number of nitrogens with one attached hydrogen (secondary N) is 1. The predicted molar refractivity (Wildman–Crippen MR) is 118 cm³/mol. The van der Waals surface area contributed by atoms with Crippen molar-refractivity contribution in [3.8, 4) is 0 Å². The average Bonchev–Trinajstić information content (AvgIpc) is 3.44. The lowest BCUT2D eigenvalue weighted by Gasteiger charge is -2.21. The van der Waals surface area contributed by atoms with Crippen molar-refractivity contribution in [2.24, 2.45) is 0 Å². The highest BCUT2D eigenvalue weighted by atomic mass is 35.5. The van der Waals surface area contributed by atoms with Gasteiger partial charge in [-0.2, -0.15) is 4.31 Å². The molecule has 1 aromatic carbocycles. The zero-order chi connectivity index (χ0) is 20.4. The Labute approximate surface area is 180 Å². The van der Waals surface area contributed by atoms with Gasteiger partial charge < -0.3 is 10.2 Å². The summed E-state index contributed by atoms with van der Waals surface area (Å²) in [6.07, 6.45) is 4.21. The summed E-state index contributed by atoms with van der Waals surface area (Å²) in [6.45, 7) is 3.08. The molecule has 0 bridgehead atoms. The van der Waals surface area contributed by atoms with Crippen LogP contribution in [0.5, 0.6) is 0 Å². The number of hydrogen-bond donors (Lipinski definition) is 1. The Morgan fingerprint density at radius 1 is 1.03 bits per heavy atom. The predicted octanol–water partition coefficient (Wildman–Crippen LogP) is 3.97. The number of rotatable bonds is 6. The van der Waals surface area contributed by atoms with Gasteiger partial charge in [0.2, 0.25) is 5.91 Å². The molecule has 2 aliphatic rings. The van der Waals surface area contributed by atoms with Crippen molar-refractivity contribution >= 4 is 50.2 Å². The van der Waals surface area contributed by atoms with Crippen LogP contribution in [0.2, 0.25) is 5.02 Å². The second-order valence-corrected chi connectivity index (χ2v) is 11.2. The van der Waals surface area contributed by atoms with Crippen molar-refractivity contribution in [1.82, 2.24) is 4.31 Å². The molecule has 0 radical (unpaired) electrons. The van der Waals surface area contributed by atoms with Crippen LogP contribution in [-0.4, -0.2) is 44.8 Å². The third-order valence-electron chi connectivity index (χ3n) is 5.31. The van der Waals surface area contributed by atoms with Gasteiger partial charge in [-0.1, -0.05) is 11.6 Å². The maximum absolute atomic E-state index is 12.7. The van der Waals surface area contributed by atoms with E-state index >= 15 is 0 Å². The van der Waals surface area contributed by atoms with Crippen LogP contribution in [0.4, 0.5) is 11.4 Å². The highest BCUT2D eigenvalue weighted by Crippen LogP contribution is 2.32. The standard InChI is InChI=1S/C20H24ClN3O3S2/c21-15-5-7-18(23-9-1-2-10-23)17(13-15)22-19(25)14-16-6-8-20(28-16)29(26,27)24-11-3-4-12-24/h5-8,13H,1-4,9-12,14H2,(H,22,25). The summed E-state index contributed by atoms with van der Waals surface area (Å²) < 4.78 is 27.2. The summed E-state index contributed by atoms with van der Waals surface area (Å²) in [7, 11) is -3.44. The van der Waals surface area contributed by atoms with Crippen LogP contribution in [0.3, 0.4) is 0 Å². The molecule has 9 heteroatoms. The zero-order valence-electron chi connectivity index (χ0n) is 16.1. The molecule has 4 rings (SSSR count). The Hall–Kier alpha value is -1.61. The fourth-order valence-corrected chi connectivity index (χ4v) is 7.04. The Morgan fingerprint density at radius 3 is 2.45 bits per heavy atom. The molecule has 1 amide bonds. The van der Waals surface area contributed by atoms with Crippen LogP contribution in [0, 0.1) is 0 Å². The smallest absolute Gasteiger partial charge is 0.252 e. The molecule has 0 atom stereocenters. The highest BCUT2D eigenvalue weighted by Gasteiger charge is 2.28. The van der Waals surface area contributed by atoms with E-state index in [0.717, 1.165) is 49.3 Å². The van der Waals surface area contributed by atoms with E-state index in [1.807, 2.05) is 12.1 Å². The van der Waals surface area contributed by atoms with Crippen LogP contribution in [0.15, 0.2) is 34.5 Å². The molecule has 6 nitrogen and oxygen atoms in total. The molecule has 2 fully saturated rings. The first-order chi connectivity index (χ1) is 13.9. The van der Waals surface area contributed by atoms with Crippen molar-refractivity contribution in [2.45, 2.75) is 36.3 Å². The quantitative estimate of drug-likeness (QED) is 0.718. The fourth-order valence-electron chi connectivity index (χ4n) is 3.84. The number of hydrogen-bond acceptors (Lipinski definition) is 5. The number of benzene rings is 1. The number of halogens is 1. The molecule has 29 heavy (non-hydrogen) atoms. The number of sulfonamides is 1. The van der Waals surface area contributed by atoms with Gasteiger partial charge >= 0.3 is 0 Å². The van der Waals surface area contributed by atoms with Crippen molar-refractivity contribution in [3.05, 3.63) is 40.2 Å². The van der Waals surface area contributed by atoms with E-state index < -0.39 is 10.0 Å². The molecule has 0 spiro atoms. The van der Waals surface area contributed by atoms with E-state index in [0.29, 0.717) is 28.0 Å². The van der Waals surface area contributed by atoms with E-state index in [1.165, 1.54) is 15.6 Å². The van der Waals surface area contributed by atoms with Gasteiger partial charge in [0.1, 0.15) is 4.21 Å². The summed E-state index contributed by atoms with van der Waals surface area (Å²) in [5.41, 5.74) is 1.68. The second-order valence-electron chi connectivity index (χ2n) is 7.41. The van der Waals surface area contributed by atoms with E-state index in [9.17, 15) is 13.2 Å². The van der Waals surface area contributed by atoms with E-state index in [2.05, 4.69) is 10.2 Å². The summed E-state index contributed by atoms with van der Waals surface area (Å²) >= 11 is 7.32. The van der Waals surface area contributed by atoms with E-state index in [4.69, 9.17) is 11.6 Å². The van der Waals surface area contributed by atoms with E-state index in [1.54, 1.807) is 18.2 Å². The van der Waals surface area contributed by atoms with Gasteiger partial charge in [-0.25, -0.2) is 8.42 Å². The summed E-state index contributed by atoms with van der Waals surface area (Å²) in [6, 6.07) is 8.88. The number of carbonyl (C=O) groups is 1. The molecule has 2 aromatic rings. The average molecular weight is 454 g/mol. The number of anilines is 2. The highest BCUT2D eigenvalue weighted by molar-refractivity contribution is 7.91. The van der Waals surface area contributed by atoms with Crippen LogP contribution in [-0.2, 0) is 21.2 Å². The van der Waals surface area contributed by atoms with Crippen LogP contribution in [0.1, 0.15) is 30.6 Å². The normalized spacial score (nSPS) is 17.8. The molecular formula is C20H24ClN3O3S2. The first-order valence-corrected chi connectivity index (χ1v) is 12.5. The topological polar surface area (TPSA) is 69.7 Å². The molecule has 2 saturated heterocycles. The van der Waals surface area contributed by atoms with Crippen LogP contribution < -0.4 is 10.2 Å². The molecule has 1 N–H and O–H groups in total. The SMILES string of the molecule is O=C(Cc1ccc(S(=O)(=O)N2CCCC2)s1)Nc1cc(Cl)ccc1N1CCCC1. The summed E-state index contributed by atoms with van der Waals surface area (Å²) in [5.74, 6) is -0.181. The Bertz CT molecular complexity index is 994. The lowest BCUT2D eigenvalue weighted by atomic mass is 10.2. The van der Waals surface area contributed by atoms with Gasteiger partial charge in [0.15, 0.2) is 0 Å². The van der Waals surface area contributed by atoms with Gasteiger partial charge in [-0.3, -0.25) is 4.79 Å². The molecule has 3 heterocycles. The van der Waals surface area contributed by atoms with Crippen molar-refractivity contribution < 1.29 is 13.2 Å². The maximum atomic E-state index is 12.7. The fraction of sp³-hybridized carbons (Fsp3) is 0.450. The van der Waals surface area contributed by atoms with Gasteiger partial charge in [-0.15, -0.1) is 11.3 Å².